The standard InChI is InChI=1S/C14H25BrN4O/c1-5-10(3)17-13(20)7-8-16-9-12-14(15)11(6-2)18-19(12)4/h10,16H,5-9H2,1-4H3,(H,17,20). The number of carbonyl (C=O) groups excluding carboxylic acids is 1. The summed E-state index contributed by atoms with van der Waals surface area (Å²) in [6, 6.07) is 0.251. The summed E-state index contributed by atoms with van der Waals surface area (Å²) in [5, 5.41) is 10.7. The first-order valence-corrected chi connectivity index (χ1v) is 7.99. The second-order valence-corrected chi connectivity index (χ2v) is 5.78. The number of carbonyl (C=O) groups is 1. The van der Waals surface area contributed by atoms with E-state index in [1.54, 1.807) is 0 Å². The fourth-order valence-electron chi connectivity index (χ4n) is 1.87. The number of aryl methyl sites for hydroxylation is 2. The molecule has 0 bridgehead atoms. The smallest absolute Gasteiger partial charge is 0.221 e. The lowest BCUT2D eigenvalue weighted by Gasteiger charge is -2.11. The fourth-order valence-corrected chi connectivity index (χ4v) is 2.63. The van der Waals surface area contributed by atoms with Crippen LogP contribution in [0, 0.1) is 0 Å². The predicted octanol–water partition coefficient (Wildman–Crippen LogP) is 2.14. The highest BCUT2D eigenvalue weighted by Gasteiger charge is 2.12. The van der Waals surface area contributed by atoms with Crippen LogP contribution in [-0.2, 0) is 24.8 Å². The summed E-state index contributed by atoms with van der Waals surface area (Å²) >= 11 is 3.58. The van der Waals surface area contributed by atoms with Gasteiger partial charge in [-0.05, 0) is 35.7 Å². The lowest BCUT2D eigenvalue weighted by Crippen LogP contribution is -2.34. The Morgan fingerprint density at radius 1 is 1.45 bits per heavy atom. The van der Waals surface area contributed by atoms with Crippen LogP contribution in [0.1, 0.15) is 45.0 Å². The van der Waals surface area contributed by atoms with Crippen LogP contribution in [0.15, 0.2) is 4.47 Å². The second-order valence-electron chi connectivity index (χ2n) is 4.99. The van der Waals surface area contributed by atoms with Crippen molar-refractivity contribution in [2.75, 3.05) is 6.54 Å². The zero-order valence-electron chi connectivity index (χ0n) is 12.8. The molecule has 1 heterocycles. The molecule has 1 aromatic rings. The van der Waals surface area contributed by atoms with Gasteiger partial charge in [-0.2, -0.15) is 5.10 Å². The monoisotopic (exact) mass is 344 g/mol. The van der Waals surface area contributed by atoms with Crippen LogP contribution in [0.3, 0.4) is 0 Å². The molecule has 6 heteroatoms. The highest BCUT2D eigenvalue weighted by Crippen LogP contribution is 2.21. The van der Waals surface area contributed by atoms with E-state index in [1.807, 2.05) is 18.7 Å². The van der Waals surface area contributed by atoms with Crippen molar-refractivity contribution in [2.45, 2.75) is 52.6 Å². The van der Waals surface area contributed by atoms with Gasteiger partial charge in [0, 0.05) is 32.6 Å². The molecule has 1 amide bonds. The molecule has 5 nitrogen and oxygen atoms in total. The van der Waals surface area contributed by atoms with Gasteiger partial charge in [0.2, 0.25) is 5.91 Å². The van der Waals surface area contributed by atoms with Crippen LogP contribution in [0.25, 0.3) is 0 Å². The molecule has 1 atom stereocenters. The topological polar surface area (TPSA) is 59.0 Å². The molecule has 20 heavy (non-hydrogen) atoms. The molecule has 2 N–H and O–H groups in total. The van der Waals surface area contributed by atoms with Crippen molar-refractivity contribution >= 4 is 21.8 Å². The number of nitrogens with zero attached hydrogens (tertiary/aromatic N) is 2. The Labute approximate surface area is 129 Å². The second kappa shape index (κ2) is 8.42. The molecule has 1 rings (SSSR count). The lowest BCUT2D eigenvalue weighted by molar-refractivity contribution is -0.121. The number of rotatable bonds is 8. The van der Waals surface area contributed by atoms with Crippen molar-refractivity contribution < 1.29 is 4.79 Å². The molecular weight excluding hydrogens is 320 g/mol. The third-order valence-corrected chi connectivity index (χ3v) is 4.26. The Morgan fingerprint density at radius 3 is 2.70 bits per heavy atom. The SMILES string of the molecule is CCc1nn(C)c(CNCCC(=O)NC(C)CC)c1Br. The number of halogens is 1. The third kappa shape index (κ3) is 4.90. The van der Waals surface area contributed by atoms with Gasteiger partial charge in [0.1, 0.15) is 0 Å². The maximum atomic E-state index is 11.6. The van der Waals surface area contributed by atoms with Gasteiger partial charge in [0.25, 0.3) is 0 Å². The van der Waals surface area contributed by atoms with Gasteiger partial charge >= 0.3 is 0 Å². The molecule has 0 fully saturated rings. The summed E-state index contributed by atoms with van der Waals surface area (Å²) in [5.41, 5.74) is 2.18. The third-order valence-electron chi connectivity index (χ3n) is 3.34. The van der Waals surface area contributed by atoms with Crippen LogP contribution in [0.2, 0.25) is 0 Å². The molecule has 1 unspecified atom stereocenters. The number of hydrogen-bond acceptors (Lipinski definition) is 3. The van der Waals surface area contributed by atoms with E-state index in [-0.39, 0.29) is 11.9 Å². The molecule has 0 spiro atoms. The molecule has 0 aliphatic rings. The summed E-state index contributed by atoms with van der Waals surface area (Å²) in [4.78, 5) is 11.6. The van der Waals surface area contributed by atoms with E-state index < -0.39 is 0 Å². The molecular formula is C14H25BrN4O. The van der Waals surface area contributed by atoms with Crippen LogP contribution in [0.4, 0.5) is 0 Å². The molecule has 0 saturated carbocycles. The lowest BCUT2D eigenvalue weighted by atomic mass is 10.2. The summed E-state index contributed by atoms with van der Waals surface area (Å²) in [6.07, 6.45) is 2.37. The van der Waals surface area contributed by atoms with Crippen molar-refractivity contribution in [3.8, 4) is 0 Å². The Balaban J connectivity index is 2.35. The first-order chi connectivity index (χ1) is 9.49. The number of amides is 1. The first kappa shape index (κ1) is 17.2. The van der Waals surface area contributed by atoms with E-state index >= 15 is 0 Å². The van der Waals surface area contributed by atoms with Gasteiger partial charge in [-0.15, -0.1) is 0 Å². The zero-order valence-corrected chi connectivity index (χ0v) is 14.4. The molecule has 1 aromatic heterocycles. The first-order valence-electron chi connectivity index (χ1n) is 7.19. The largest absolute Gasteiger partial charge is 0.354 e. The Bertz CT molecular complexity index is 445. The van der Waals surface area contributed by atoms with Crippen molar-refractivity contribution in [1.29, 1.82) is 0 Å². The maximum absolute atomic E-state index is 11.6. The van der Waals surface area contributed by atoms with Crippen LogP contribution >= 0.6 is 15.9 Å². The van der Waals surface area contributed by atoms with E-state index in [0.29, 0.717) is 19.5 Å². The van der Waals surface area contributed by atoms with Gasteiger partial charge < -0.3 is 10.6 Å². The Kier molecular flexibility index (Phi) is 7.23. The predicted molar refractivity (Wildman–Crippen MR) is 84.5 cm³/mol. The zero-order chi connectivity index (χ0) is 15.1. The average molecular weight is 345 g/mol. The summed E-state index contributed by atoms with van der Waals surface area (Å²) in [5.74, 6) is 0.102. The Hall–Kier alpha value is -0.880. The summed E-state index contributed by atoms with van der Waals surface area (Å²) < 4.78 is 2.95. The fraction of sp³-hybridized carbons (Fsp3) is 0.714. The van der Waals surface area contributed by atoms with E-state index in [1.165, 1.54) is 0 Å². The van der Waals surface area contributed by atoms with Crippen molar-refractivity contribution in [2.24, 2.45) is 7.05 Å². The molecule has 0 saturated heterocycles. The number of aromatic nitrogens is 2. The van der Waals surface area contributed by atoms with Crippen LogP contribution in [0.5, 0.6) is 0 Å². The van der Waals surface area contributed by atoms with E-state index in [4.69, 9.17) is 0 Å². The van der Waals surface area contributed by atoms with Gasteiger partial charge in [-0.3, -0.25) is 9.48 Å². The normalized spacial score (nSPS) is 12.4. The van der Waals surface area contributed by atoms with Crippen molar-refractivity contribution in [1.82, 2.24) is 20.4 Å². The number of nitrogens with one attached hydrogen (secondary N) is 2. The maximum Gasteiger partial charge on any atom is 0.221 e. The Morgan fingerprint density at radius 2 is 2.15 bits per heavy atom. The highest BCUT2D eigenvalue weighted by molar-refractivity contribution is 9.10. The molecule has 0 radical (unpaired) electrons. The molecule has 114 valence electrons. The average Bonchev–Trinajstić information content (AvgIpc) is 2.69. The molecule has 0 aliphatic carbocycles. The van der Waals surface area contributed by atoms with E-state index in [9.17, 15) is 4.79 Å². The van der Waals surface area contributed by atoms with Crippen LogP contribution in [-0.4, -0.2) is 28.3 Å². The highest BCUT2D eigenvalue weighted by atomic mass is 79.9. The van der Waals surface area contributed by atoms with Gasteiger partial charge in [0.15, 0.2) is 0 Å². The van der Waals surface area contributed by atoms with Gasteiger partial charge in [-0.1, -0.05) is 13.8 Å². The minimum atomic E-state index is 0.102. The summed E-state index contributed by atoms with van der Waals surface area (Å²) in [7, 11) is 1.94. The number of hydrogen-bond donors (Lipinski definition) is 2. The summed E-state index contributed by atoms with van der Waals surface area (Å²) in [6.45, 7) is 7.55. The van der Waals surface area contributed by atoms with E-state index in [0.717, 1.165) is 28.7 Å². The van der Waals surface area contributed by atoms with Gasteiger partial charge in [-0.25, -0.2) is 0 Å². The van der Waals surface area contributed by atoms with Crippen LogP contribution < -0.4 is 10.6 Å². The quantitative estimate of drug-likeness (QED) is 0.710. The van der Waals surface area contributed by atoms with Crippen molar-refractivity contribution in [3.05, 3.63) is 15.9 Å². The minimum absolute atomic E-state index is 0.102. The van der Waals surface area contributed by atoms with E-state index in [2.05, 4.69) is 45.5 Å². The minimum Gasteiger partial charge on any atom is -0.354 e. The molecule has 0 aromatic carbocycles. The van der Waals surface area contributed by atoms with Gasteiger partial charge in [0.05, 0.1) is 15.9 Å². The molecule has 0 aliphatic heterocycles. The van der Waals surface area contributed by atoms with Crippen molar-refractivity contribution in [3.63, 3.8) is 0 Å².